The molecule has 20 heavy (non-hydrogen) atoms. The minimum atomic E-state index is -0.351. The van der Waals surface area contributed by atoms with Gasteiger partial charge in [0.1, 0.15) is 0 Å². The number of likely N-dealkylation sites (tertiary alicyclic amines) is 1. The van der Waals surface area contributed by atoms with Crippen LogP contribution in [0.1, 0.15) is 47.5 Å². The summed E-state index contributed by atoms with van der Waals surface area (Å²) >= 11 is 0. The quantitative estimate of drug-likeness (QED) is 0.811. The van der Waals surface area contributed by atoms with Gasteiger partial charge >= 0.3 is 0 Å². The maximum Gasteiger partial charge on any atom is 0.234 e. The Hall–Kier alpha value is -0.900. The Morgan fingerprint density at radius 3 is 2.10 bits per heavy atom. The topological polar surface area (TPSA) is 49.4 Å². The van der Waals surface area contributed by atoms with E-state index in [4.69, 9.17) is 0 Å². The Kier molecular flexibility index (Phi) is 6.66. The van der Waals surface area contributed by atoms with E-state index in [1.54, 1.807) is 6.92 Å². The monoisotopic (exact) mass is 282 g/mol. The first kappa shape index (κ1) is 17.2. The number of piperidine rings is 1. The third-order valence-electron chi connectivity index (χ3n) is 4.36. The molecule has 1 fully saturated rings. The van der Waals surface area contributed by atoms with Gasteiger partial charge in [-0.3, -0.25) is 14.5 Å². The molecule has 4 nitrogen and oxygen atoms in total. The van der Waals surface area contributed by atoms with Crippen LogP contribution in [-0.2, 0) is 9.59 Å². The van der Waals surface area contributed by atoms with Crippen molar-refractivity contribution in [2.45, 2.75) is 53.5 Å². The normalized spacial score (nSPS) is 19.4. The van der Waals surface area contributed by atoms with E-state index in [9.17, 15) is 9.59 Å². The van der Waals surface area contributed by atoms with E-state index in [0.717, 1.165) is 24.9 Å². The van der Waals surface area contributed by atoms with E-state index in [-0.39, 0.29) is 23.7 Å². The number of carbonyl (C=O) groups excluding carboxylic acids is 2. The fraction of sp³-hybridized carbons (Fsp3) is 0.875. The smallest absolute Gasteiger partial charge is 0.234 e. The first-order chi connectivity index (χ1) is 9.31. The van der Waals surface area contributed by atoms with Gasteiger partial charge in [0.2, 0.25) is 5.91 Å². The maximum absolute atomic E-state index is 12.0. The fourth-order valence-corrected chi connectivity index (χ4v) is 2.94. The summed E-state index contributed by atoms with van der Waals surface area (Å²) in [5.41, 5.74) is 0. The molecule has 0 aliphatic carbocycles. The predicted octanol–water partition coefficient (Wildman–Crippen LogP) is 2.08. The highest BCUT2D eigenvalue weighted by molar-refractivity contribution is 5.88. The van der Waals surface area contributed by atoms with Crippen LogP contribution in [0.4, 0.5) is 0 Å². The SMILES string of the molecule is CC(=O)C(NC(=O)CN1CCC(C(C)C)CC1)C(C)C. The molecule has 1 atom stereocenters. The number of amides is 1. The lowest BCUT2D eigenvalue weighted by Crippen LogP contribution is -2.48. The van der Waals surface area contributed by atoms with Crippen molar-refractivity contribution < 1.29 is 9.59 Å². The van der Waals surface area contributed by atoms with Crippen LogP contribution in [0.2, 0.25) is 0 Å². The average molecular weight is 282 g/mol. The Labute approximate surface area is 123 Å². The molecule has 1 heterocycles. The molecule has 1 rings (SSSR count). The minimum absolute atomic E-state index is 0.0260. The zero-order valence-corrected chi connectivity index (χ0v) is 13.6. The van der Waals surface area contributed by atoms with Crippen molar-refractivity contribution >= 4 is 11.7 Å². The first-order valence-corrected chi connectivity index (χ1v) is 7.83. The average Bonchev–Trinajstić information content (AvgIpc) is 2.35. The molecule has 0 aromatic carbocycles. The van der Waals surface area contributed by atoms with Crippen molar-refractivity contribution in [2.24, 2.45) is 17.8 Å². The number of nitrogens with one attached hydrogen (secondary N) is 1. The summed E-state index contributed by atoms with van der Waals surface area (Å²) < 4.78 is 0. The standard InChI is InChI=1S/C16H30N2O2/c1-11(2)14-6-8-18(9-7-14)10-15(20)17-16(12(3)4)13(5)19/h11-12,14,16H,6-10H2,1-5H3,(H,17,20). The van der Waals surface area contributed by atoms with E-state index in [1.807, 2.05) is 13.8 Å². The first-order valence-electron chi connectivity index (χ1n) is 7.83. The molecule has 1 amide bonds. The molecule has 0 radical (unpaired) electrons. The molecular formula is C16H30N2O2. The summed E-state index contributed by atoms with van der Waals surface area (Å²) in [5.74, 6) is 1.67. The molecule has 1 aliphatic heterocycles. The molecule has 0 spiro atoms. The second kappa shape index (κ2) is 7.77. The van der Waals surface area contributed by atoms with E-state index >= 15 is 0 Å². The Morgan fingerprint density at radius 1 is 1.15 bits per heavy atom. The van der Waals surface area contributed by atoms with Gasteiger partial charge in [0.25, 0.3) is 0 Å². The highest BCUT2D eigenvalue weighted by Crippen LogP contribution is 2.24. The largest absolute Gasteiger partial charge is 0.345 e. The van der Waals surface area contributed by atoms with Gasteiger partial charge in [0.05, 0.1) is 12.6 Å². The number of nitrogens with zero attached hydrogens (tertiary/aromatic N) is 1. The predicted molar refractivity (Wildman–Crippen MR) is 81.5 cm³/mol. The molecule has 4 heteroatoms. The highest BCUT2D eigenvalue weighted by Gasteiger charge is 2.25. The fourth-order valence-electron chi connectivity index (χ4n) is 2.94. The number of ketones is 1. The van der Waals surface area contributed by atoms with Crippen molar-refractivity contribution in [3.63, 3.8) is 0 Å². The number of hydrogen-bond donors (Lipinski definition) is 1. The van der Waals surface area contributed by atoms with Gasteiger partial charge in [-0.2, -0.15) is 0 Å². The summed E-state index contributed by atoms with van der Waals surface area (Å²) in [6.45, 7) is 12.4. The maximum atomic E-state index is 12.0. The second-order valence-electron chi connectivity index (χ2n) is 6.76. The van der Waals surface area contributed by atoms with E-state index in [0.29, 0.717) is 6.54 Å². The van der Waals surface area contributed by atoms with Crippen LogP contribution in [0, 0.1) is 17.8 Å². The van der Waals surface area contributed by atoms with Crippen molar-refractivity contribution in [2.75, 3.05) is 19.6 Å². The molecular weight excluding hydrogens is 252 g/mol. The summed E-state index contributed by atoms with van der Waals surface area (Å²) in [6, 6.07) is -0.351. The minimum Gasteiger partial charge on any atom is -0.345 e. The zero-order valence-electron chi connectivity index (χ0n) is 13.6. The Balaban J connectivity index is 2.38. The Morgan fingerprint density at radius 2 is 1.70 bits per heavy atom. The molecule has 0 aromatic heterocycles. The van der Waals surface area contributed by atoms with Crippen LogP contribution in [0.15, 0.2) is 0 Å². The van der Waals surface area contributed by atoms with Crippen molar-refractivity contribution in [3.05, 3.63) is 0 Å². The molecule has 0 bridgehead atoms. The van der Waals surface area contributed by atoms with Gasteiger partial charge in [0, 0.05) is 0 Å². The number of carbonyl (C=O) groups is 2. The molecule has 1 saturated heterocycles. The summed E-state index contributed by atoms with van der Waals surface area (Å²) in [6.07, 6.45) is 2.34. The summed E-state index contributed by atoms with van der Waals surface area (Å²) in [5, 5.41) is 2.87. The third kappa shape index (κ3) is 5.23. The molecule has 1 aliphatic rings. The van der Waals surface area contributed by atoms with Crippen molar-refractivity contribution in [1.29, 1.82) is 0 Å². The van der Waals surface area contributed by atoms with Crippen LogP contribution in [0.3, 0.4) is 0 Å². The van der Waals surface area contributed by atoms with Crippen LogP contribution < -0.4 is 5.32 Å². The summed E-state index contributed by atoms with van der Waals surface area (Å²) in [4.78, 5) is 25.7. The molecule has 1 unspecified atom stereocenters. The molecule has 1 N–H and O–H groups in total. The van der Waals surface area contributed by atoms with Crippen LogP contribution in [0.25, 0.3) is 0 Å². The number of rotatable bonds is 6. The zero-order chi connectivity index (χ0) is 15.3. The van der Waals surface area contributed by atoms with E-state index in [1.165, 1.54) is 12.8 Å². The lowest BCUT2D eigenvalue weighted by atomic mass is 9.87. The van der Waals surface area contributed by atoms with E-state index < -0.39 is 0 Å². The third-order valence-corrected chi connectivity index (χ3v) is 4.36. The van der Waals surface area contributed by atoms with Crippen molar-refractivity contribution in [3.8, 4) is 0 Å². The van der Waals surface area contributed by atoms with Crippen LogP contribution >= 0.6 is 0 Å². The molecule has 0 aromatic rings. The van der Waals surface area contributed by atoms with Crippen LogP contribution in [0.5, 0.6) is 0 Å². The molecule has 116 valence electrons. The van der Waals surface area contributed by atoms with Gasteiger partial charge in [0.15, 0.2) is 5.78 Å². The van der Waals surface area contributed by atoms with Crippen LogP contribution in [-0.4, -0.2) is 42.3 Å². The van der Waals surface area contributed by atoms with E-state index in [2.05, 4.69) is 24.1 Å². The lowest BCUT2D eigenvalue weighted by Gasteiger charge is -2.33. The number of Topliss-reactive ketones (excluding diaryl/α,β-unsaturated/α-hetero) is 1. The molecule has 0 saturated carbocycles. The second-order valence-corrected chi connectivity index (χ2v) is 6.76. The van der Waals surface area contributed by atoms with Gasteiger partial charge < -0.3 is 5.32 Å². The van der Waals surface area contributed by atoms with Crippen molar-refractivity contribution in [1.82, 2.24) is 10.2 Å². The number of hydrogen-bond acceptors (Lipinski definition) is 3. The highest BCUT2D eigenvalue weighted by atomic mass is 16.2. The van der Waals surface area contributed by atoms with Gasteiger partial charge in [-0.1, -0.05) is 27.7 Å². The summed E-state index contributed by atoms with van der Waals surface area (Å²) in [7, 11) is 0. The van der Waals surface area contributed by atoms with Gasteiger partial charge in [-0.15, -0.1) is 0 Å². The van der Waals surface area contributed by atoms with Gasteiger partial charge in [-0.05, 0) is 50.6 Å². The lowest BCUT2D eigenvalue weighted by molar-refractivity contribution is -0.128. The van der Waals surface area contributed by atoms with Gasteiger partial charge in [-0.25, -0.2) is 0 Å². The Bertz CT molecular complexity index is 331.